The maximum atomic E-state index is 14.0. The molecule has 0 heterocycles. The highest BCUT2D eigenvalue weighted by atomic mass is 79.9. The van der Waals surface area contributed by atoms with Gasteiger partial charge in [0.2, 0.25) is 5.82 Å². The third kappa shape index (κ3) is 4.45. The number of hydrogen-bond donors (Lipinski definition) is 0. The summed E-state index contributed by atoms with van der Waals surface area (Å²) in [6, 6.07) is 1.16. The van der Waals surface area contributed by atoms with Gasteiger partial charge in [-0.25, -0.2) is 4.39 Å². The molecule has 8 heteroatoms. The fraction of sp³-hybridized carbons (Fsp3) is 0.462. The van der Waals surface area contributed by atoms with Crippen molar-refractivity contribution in [3.8, 4) is 0 Å². The van der Waals surface area contributed by atoms with Crippen LogP contribution in [0.5, 0.6) is 0 Å². The van der Waals surface area contributed by atoms with Crippen LogP contribution in [-0.4, -0.2) is 34.2 Å². The van der Waals surface area contributed by atoms with Crippen LogP contribution in [0.2, 0.25) is 0 Å². The number of nitrogens with zero attached hydrogens (tertiary/aromatic N) is 2. The summed E-state index contributed by atoms with van der Waals surface area (Å²) in [5.41, 5.74) is -1.65. The zero-order valence-electron chi connectivity index (χ0n) is 11.4. The quantitative estimate of drug-likeness (QED) is 0.422. The average Bonchev–Trinajstić information content (AvgIpc) is 2.44. The topological polar surface area (TPSA) is 63.5 Å². The van der Waals surface area contributed by atoms with Gasteiger partial charge in [0.1, 0.15) is 5.82 Å². The summed E-state index contributed by atoms with van der Waals surface area (Å²) in [6.45, 7) is 2.62. The Kier molecular flexibility index (Phi) is 6.67. The lowest BCUT2D eigenvalue weighted by Crippen LogP contribution is -2.34. The first-order valence-corrected chi connectivity index (χ1v) is 7.53. The second kappa shape index (κ2) is 8.02. The molecule has 0 aliphatic carbocycles. The third-order valence-electron chi connectivity index (χ3n) is 2.87. The second-order valence-electron chi connectivity index (χ2n) is 4.38. The Balaban J connectivity index is 3.17. The van der Waals surface area contributed by atoms with Gasteiger partial charge in [-0.05, 0) is 12.5 Å². The number of carbonyl (C=O) groups is 1. The Labute approximate surface area is 129 Å². The Hall–Kier alpha value is -1.57. The summed E-state index contributed by atoms with van der Waals surface area (Å²) in [5, 5.41) is 11.2. The van der Waals surface area contributed by atoms with Crippen LogP contribution in [0.3, 0.4) is 0 Å². The normalized spacial score (nSPS) is 10.5. The highest BCUT2D eigenvalue weighted by Crippen LogP contribution is 2.23. The summed E-state index contributed by atoms with van der Waals surface area (Å²) < 4.78 is 27.4. The van der Waals surface area contributed by atoms with Crippen molar-refractivity contribution in [3.63, 3.8) is 0 Å². The zero-order valence-corrected chi connectivity index (χ0v) is 13.0. The Bertz CT molecular complexity index is 540. The molecule has 0 spiro atoms. The summed E-state index contributed by atoms with van der Waals surface area (Å²) in [6.07, 6.45) is 1.54. The molecule has 0 atom stereocenters. The Morgan fingerprint density at radius 3 is 2.57 bits per heavy atom. The number of hydrogen-bond acceptors (Lipinski definition) is 3. The number of rotatable bonds is 7. The summed E-state index contributed by atoms with van der Waals surface area (Å²) in [4.78, 5) is 23.2. The molecule has 0 radical (unpaired) electrons. The highest BCUT2D eigenvalue weighted by Gasteiger charge is 2.26. The largest absolute Gasteiger partial charge is 0.338 e. The minimum atomic E-state index is -1.30. The number of carbonyl (C=O) groups excluding carboxylic acids is 1. The Morgan fingerprint density at radius 2 is 2.05 bits per heavy atom. The molecule has 1 amide bonds. The summed E-state index contributed by atoms with van der Waals surface area (Å²) >= 11 is 3.18. The first-order chi connectivity index (χ1) is 9.92. The van der Waals surface area contributed by atoms with E-state index < -0.39 is 33.7 Å². The molecule has 0 fully saturated rings. The molecule has 0 aliphatic rings. The van der Waals surface area contributed by atoms with E-state index in [-0.39, 0.29) is 0 Å². The van der Waals surface area contributed by atoms with Crippen molar-refractivity contribution in [3.05, 3.63) is 39.4 Å². The molecule has 1 aromatic rings. The molecular formula is C13H15BrF2N2O3. The monoisotopic (exact) mass is 364 g/mol. The summed E-state index contributed by atoms with van der Waals surface area (Å²) in [7, 11) is 0. The number of alkyl halides is 1. The van der Waals surface area contributed by atoms with Crippen LogP contribution in [0, 0.1) is 21.7 Å². The van der Waals surface area contributed by atoms with Crippen LogP contribution in [0.1, 0.15) is 30.1 Å². The number of nitro groups is 1. The van der Waals surface area contributed by atoms with Crippen molar-refractivity contribution in [2.24, 2.45) is 0 Å². The third-order valence-corrected chi connectivity index (χ3v) is 3.22. The molecule has 21 heavy (non-hydrogen) atoms. The van der Waals surface area contributed by atoms with Gasteiger partial charge in [-0.2, -0.15) is 4.39 Å². The molecule has 0 aromatic heterocycles. The molecule has 5 nitrogen and oxygen atoms in total. The minimum Gasteiger partial charge on any atom is -0.338 e. The van der Waals surface area contributed by atoms with E-state index in [1.807, 2.05) is 6.92 Å². The van der Waals surface area contributed by atoms with Gasteiger partial charge in [0.05, 0.1) is 16.6 Å². The lowest BCUT2D eigenvalue weighted by Gasteiger charge is -2.21. The van der Waals surface area contributed by atoms with E-state index in [4.69, 9.17) is 0 Å². The number of benzene rings is 1. The Morgan fingerprint density at radius 1 is 1.38 bits per heavy atom. The summed E-state index contributed by atoms with van der Waals surface area (Å²) in [5.74, 6) is -3.06. The van der Waals surface area contributed by atoms with E-state index >= 15 is 0 Å². The molecule has 0 bridgehead atoms. The average molecular weight is 365 g/mol. The van der Waals surface area contributed by atoms with E-state index in [9.17, 15) is 23.7 Å². The molecular weight excluding hydrogens is 350 g/mol. The smallest absolute Gasteiger partial charge is 0.308 e. The van der Waals surface area contributed by atoms with Crippen LogP contribution in [0.25, 0.3) is 0 Å². The van der Waals surface area contributed by atoms with Crippen LogP contribution in [0.4, 0.5) is 14.5 Å². The van der Waals surface area contributed by atoms with Gasteiger partial charge in [-0.1, -0.05) is 29.3 Å². The number of amides is 1. The predicted octanol–water partition coefficient (Wildman–Crippen LogP) is 3.51. The van der Waals surface area contributed by atoms with E-state index in [1.165, 1.54) is 4.90 Å². The zero-order chi connectivity index (χ0) is 16.0. The maximum absolute atomic E-state index is 14.0. The van der Waals surface area contributed by atoms with Crippen LogP contribution in [-0.2, 0) is 0 Å². The van der Waals surface area contributed by atoms with Gasteiger partial charge in [-0.3, -0.25) is 14.9 Å². The maximum Gasteiger partial charge on any atom is 0.308 e. The minimum absolute atomic E-state index is 0.308. The molecule has 0 aliphatic heterocycles. The van der Waals surface area contributed by atoms with Crippen LogP contribution >= 0.6 is 15.9 Å². The van der Waals surface area contributed by atoms with Gasteiger partial charge < -0.3 is 4.90 Å². The van der Waals surface area contributed by atoms with E-state index in [0.717, 1.165) is 6.42 Å². The van der Waals surface area contributed by atoms with Gasteiger partial charge in [0.15, 0.2) is 0 Å². The fourth-order valence-corrected chi connectivity index (χ4v) is 2.23. The van der Waals surface area contributed by atoms with Crippen molar-refractivity contribution in [2.75, 3.05) is 18.4 Å². The fourth-order valence-electron chi connectivity index (χ4n) is 1.80. The molecule has 0 saturated heterocycles. The lowest BCUT2D eigenvalue weighted by molar-refractivity contribution is -0.387. The molecule has 0 N–H and O–H groups in total. The molecule has 1 rings (SSSR count). The van der Waals surface area contributed by atoms with Gasteiger partial charge in [-0.15, -0.1) is 0 Å². The number of halogens is 3. The highest BCUT2D eigenvalue weighted by molar-refractivity contribution is 9.09. The van der Waals surface area contributed by atoms with Crippen LogP contribution < -0.4 is 0 Å². The molecule has 1 aromatic carbocycles. The van der Waals surface area contributed by atoms with Crippen LogP contribution in [0.15, 0.2) is 12.1 Å². The first kappa shape index (κ1) is 17.5. The van der Waals surface area contributed by atoms with Crippen molar-refractivity contribution in [1.29, 1.82) is 0 Å². The van der Waals surface area contributed by atoms with Gasteiger partial charge in [0, 0.05) is 18.4 Å². The first-order valence-electron chi connectivity index (χ1n) is 6.41. The predicted molar refractivity (Wildman–Crippen MR) is 77.6 cm³/mol. The van der Waals surface area contributed by atoms with Crippen molar-refractivity contribution in [2.45, 2.75) is 19.8 Å². The number of unbranched alkanes of at least 4 members (excludes halogenated alkanes) is 1. The SMILES string of the molecule is CCCCN(CCBr)C(=O)c1cc(F)cc([N+](=O)[O-])c1F. The van der Waals surface area contributed by atoms with Gasteiger partial charge in [0.25, 0.3) is 5.91 Å². The molecule has 116 valence electrons. The van der Waals surface area contributed by atoms with Gasteiger partial charge >= 0.3 is 5.69 Å². The van der Waals surface area contributed by atoms with E-state index in [1.54, 1.807) is 0 Å². The second-order valence-corrected chi connectivity index (χ2v) is 5.17. The van der Waals surface area contributed by atoms with E-state index in [0.29, 0.717) is 37.0 Å². The van der Waals surface area contributed by atoms with E-state index in [2.05, 4.69) is 15.9 Å². The molecule has 0 unspecified atom stereocenters. The number of nitro benzene ring substituents is 1. The standard InChI is InChI=1S/C13H15BrF2N2O3/c1-2-3-5-17(6-4-14)13(19)10-7-9(15)8-11(12(10)16)18(20)21/h7-8H,2-6H2,1H3. The van der Waals surface area contributed by atoms with Crippen molar-refractivity contribution >= 4 is 27.5 Å². The lowest BCUT2D eigenvalue weighted by atomic mass is 10.1. The van der Waals surface area contributed by atoms with Crippen molar-refractivity contribution in [1.82, 2.24) is 4.90 Å². The van der Waals surface area contributed by atoms with Crippen molar-refractivity contribution < 1.29 is 18.5 Å². The molecule has 0 saturated carbocycles.